The topological polar surface area (TPSA) is 40.6 Å². The maximum Gasteiger partial charge on any atom is 0.256 e. The summed E-state index contributed by atoms with van der Waals surface area (Å²) < 4.78 is 41.0. The Labute approximate surface area is 148 Å². The Morgan fingerprint density at radius 1 is 0.885 bits per heavy atom. The first-order valence-corrected chi connectivity index (χ1v) is 8.16. The molecule has 0 aliphatic carbocycles. The van der Waals surface area contributed by atoms with Gasteiger partial charge in [-0.15, -0.1) is 0 Å². The Bertz CT molecular complexity index is 862. The van der Waals surface area contributed by atoms with Crippen molar-refractivity contribution in [3.05, 3.63) is 65.0 Å². The van der Waals surface area contributed by atoms with Crippen molar-refractivity contribution in [1.29, 1.82) is 0 Å². The van der Waals surface area contributed by atoms with Crippen LogP contribution in [-0.2, 0) is 0 Å². The molecule has 0 spiro atoms. The number of ketones is 1. The Kier molecular flexibility index (Phi) is 4.97. The van der Waals surface area contributed by atoms with Gasteiger partial charge in [0.1, 0.15) is 17.5 Å². The molecule has 2 aromatic carbocycles. The molecule has 0 N–H and O–H groups in total. The fourth-order valence-electron chi connectivity index (χ4n) is 2.97. The summed E-state index contributed by atoms with van der Waals surface area (Å²) in [5.74, 6) is -2.87. The van der Waals surface area contributed by atoms with E-state index < -0.39 is 23.4 Å². The molecule has 0 unspecified atom stereocenters. The van der Waals surface area contributed by atoms with Gasteiger partial charge in [0.2, 0.25) is 0 Å². The predicted molar refractivity (Wildman–Crippen MR) is 90.9 cm³/mol. The smallest absolute Gasteiger partial charge is 0.256 e. The molecule has 136 valence electrons. The number of nitrogens with zero attached hydrogens (tertiary/aromatic N) is 2. The summed E-state index contributed by atoms with van der Waals surface area (Å²) >= 11 is 0. The summed E-state index contributed by atoms with van der Waals surface area (Å²) in [5, 5.41) is 0. The normalized spacial score (nSPS) is 14.5. The average Bonchev–Trinajstić information content (AvgIpc) is 2.61. The van der Waals surface area contributed by atoms with Crippen LogP contribution in [0, 0.1) is 17.5 Å². The van der Waals surface area contributed by atoms with E-state index in [0.717, 1.165) is 12.1 Å². The molecule has 2 aromatic rings. The molecule has 0 radical (unpaired) electrons. The summed E-state index contributed by atoms with van der Waals surface area (Å²) in [6, 6.07) is 7.14. The lowest BCUT2D eigenvalue weighted by Gasteiger charge is -2.36. The maximum absolute atomic E-state index is 14.2. The van der Waals surface area contributed by atoms with Crippen molar-refractivity contribution >= 4 is 17.4 Å². The SMILES string of the molecule is CC(=O)c1ccc(N2CCN(C(=O)c3ccc(F)cc3F)CC2)c(F)c1. The Balaban J connectivity index is 1.69. The molecular weight excluding hydrogens is 345 g/mol. The summed E-state index contributed by atoms with van der Waals surface area (Å²) in [6.07, 6.45) is 0. The van der Waals surface area contributed by atoms with Crippen LogP contribution in [0.15, 0.2) is 36.4 Å². The highest BCUT2D eigenvalue weighted by atomic mass is 19.1. The lowest BCUT2D eigenvalue weighted by atomic mass is 10.1. The molecule has 0 saturated carbocycles. The van der Waals surface area contributed by atoms with Crippen molar-refractivity contribution in [1.82, 2.24) is 4.90 Å². The summed E-state index contributed by atoms with van der Waals surface area (Å²) in [6.45, 7) is 2.66. The number of benzene rings is 2. The van der Waals surface area contributed by atoms with E-state index in [-0.39, 0.29) is 24.4 Å². The number of carbonyl (C=O) groups excluding carboxylic acids is 2. The van der Waals surface area contributed by atoms with Gasteiger partial charge in [-0.05, 0) is 37.3 Å². The first kappa shape index (κ1) is 18.0. The molecular formula is C19H17F3N2O2. The highest BCUT2D eigenvalue weighted by molar-refractivity contribution is 5.95. The minimum Gasteiger partial charge on any atom is -0.366 e. The summed E-state index contributed by atoms with van der Waals surface area (Å²) in [5.41, 5.74) is 0.471. The third-order valence-corrected chi connectivity index (χ3v) is 4.42. The Morgan fingerprint density at radius 3 is 2.15 bits per heavy atom. The largest absolute Gasteiger partial charge is 0.366 e. The second kappa shape index (κ2) is 7.19. The quantitative estimate of drug-likeness (QED) is 0.787. The number of hydrogen-bond acceptors (Lipinski definition) is 3. The molecule has 0 bridgehead atoms. The highest BCUT2D eigenvalue weighted by Crippen LogP contribution is 2.23. The molecule has 3 rings (SSSR count). The van der Waals surface area contributed by atoms with Crippen LogP contribution in [0.5, 0.6) is 0 Å². The molecule has 26 heavy (non-hydrogen) atoms. The summed E-state index contributed by atoms with van der Waals surface area (Å²) in [4.78, 5) is 26.9. The van der Waals surface area contributed by atoms with Gasteiger partial charge in [0.05, 0.1) is 11.3 Å². The first-order valence-electron chi connectivity index (χ1n) is 8.16. The number of carbonyl (C=O) groups is 2. The van der Waals surface area contributed by atoms with E-state index in [1.807, 2.05) is 0 Å². The number of Topliss-reactive ketones (excluding diaryl/α,β-unsaturated/α-hetero) is 1. The zero-order valence-corrected chi connectivity index (χ0v) is 14.1. The van der Waals surface area contributed by atoms with Gasteiger partial charge < -0.3 is 9.80 Å². The zero-order chi connectivity index (χ0) is 18.8. The molecule has 1 aliphatic heterocycles. The van der Waals surface area contributed by atoms with Gasteiger partial charge in [-0.1, -0.05) is 0 Å². The maximum atomic E-state index is 14.2. The monoisotopic (exact) mass is 362 g/mol. The van der Waals surface area contributed by atoms with Crippen LogP contribution < -0.4 is 4.90 Å². The van der Waals surface area contributed by atoms with Crippen LogP contribution in [0.1, 0.15) is 27.6 Å². The van der Waals surface area contributed by atoms with Gasteiger partial charge in [0.25, 0.3) is 5.91 Å². The lowest BCUT2D eigenvalue weighted by molar-refractivity contribution is 0.0741. The third kappa shape index (κ3) is 3.56. The second-order valence-corrected chi connectivity index (χ2v) is 6.13. The second-order valence-electron chi connectivity index (χ2n) is 6.13. The highest BCUT2D eigenvalue weighted by Gasteiger charge is 2.25. The number of rotatable bonds is 3. The standard InChI is InChI=1S/C19H17F3N2O2/c1-12(25)13-2-5-18(17(22)10-13)23-6-8-24(9-7-23)19(26)15-4-3-14(20)11-16(15)21/h2-5,10-11H,6-9H2,1H3. The molecule has 1 heterocycles. The number of amides is 1. The molecule has 0 atom stereocenters. The number of hydrogen-bond donors (Lipinski definition) is 0. The van der Waals surface area contributed by atoms with Crippen molar-refractivity contribution in [2.75, 3.05) is 31.1 Å². The summed E-state index contributed by atoms with van der Waals surface area (Å²) in [7, 11) is 0. The van der Waals surface area contributed by atoms with E-state index in [1.54, 1.807) is 17.0 Å². The molecule has 7 heteroatoms. The van der Waals surface area contributed by atoms with Crippen molar-refractivity contribution in [3.8, 4) is 0 Å². The van der Waals surface area contributed by atoms with E-state index in [2.05, 4.69) is 0 Å². The first-order chi connectivity index (χ1) is 12.4. The molecule has 1 aliphatic rings. The fraction of sp³-hybridized carbons (Fsp3) is 0.263. The van der Waals surface area contributed by atoms with Crippen LogP contribution in [0.4, 0.5) is 18.9 Å². The van der Waals surface area contributed by atoms with Gasteiger partial charge in [0, 0.05) is 37.8 Å². The van der Waals surface area contributed by atoms with Crippen LogP contribution in [0.3, 0.4) is 0 Å². The van der Waals surface area contributed by atoms with Gasteiger partial charge >= 0.3 is 0 Å². The van der Waals surface area contributed by atoms with E-state index in [9.17, 15) is 22.8 Å². The Morgan fingerprint density at radius 2 is 1.58 bits per heavy atom. The van der Waals surface area contributed by atoms with Crippen LogP contribution in [0.25, 0.3) is 0 Å². The number of halogens is 3. The minimum atomic E-state index is -0.900. The number of piperazine rings is 1. The van der Waals surface area contributed by atoms with Crippen LogP contribution in [-0.4, -0.2) is 42.8 Å². The predicted octanol–water partition coefficient (Wildman–Crippen LogP) is 3.27. The van der Waals surface area contributed by atoms with Crippen molar-refractivity contribution in [2.45, 2.75) is 6.92 Å². The van der Waals surface area contributed by atoms with Crippen LogP contribution in [0.2, 0.25) is 0 Å². The van der Waals surface area contributed by atoms with Gasteiger partial charge in [-0.2, -0.15) is 0 Å². The van der Waals surface area contributed by atoms with Gasteiger partial charge in [-0.3, -0.25) is 9.59 Å². The van der Waals surface area contributed by atoms with Crippen molar-refractivity contribution in [2.24, 2.45) is 0 Å². The molecule has 1 saturated heterocycles. The van der Waals surface area contributed by atoms with Gasteiger partial charge in [-0.25, -0.2) is 13.2 Å². The third-order valence-electron chi connectivity index (χ3n) is 4.42. The molecule has 1 amide bonds. The average molecular weight is 362 g/mol. The molecule has 4 nitrogen and oxygen atoms in total. The van der Waals surface area contributed by atoms with Crippen molar-refractivity contribution in [3.63, 3.8) is 0 Å². The molecule has 0 aromatic heterocycles. The zero-order valence-electron chi connectivity index (χ0n) is 14.1. The Hall–Kier alpha value is -2.83. The van der Waals surface area contributed by atoms with Crippen LogP contribution >= 0.6 is 0 Å². The van der Waals surface area contributed by atoms with E-state index >= 15 is 0 Å². The van der Waals surface area contributed by atoms with Gasteiger partial charge in [0.15, 0.2) is 5.78 Å². The minimum absolute atomic E-state index is 0.183. The molecule has 1 fully saturated rings. The lowest BCUT2D eigenvalue weighted by Crippen LogP contribution is -2.49. The fourth-order valence-corrected chi connectivity index (χ4v) is 2.97. The van der Waals surface area contributed by atoms with Crippen molar-refractivity contribution < 1.29 is 22.8 Å². The van der Waals surface area contributed by atoms with E-state index in [4.69, 9.17) is 0 Å². The van der Waals surface area contributed by atoms with E-state index in [1.165, 1.54) is 17.9 Å². The number of anilines is 1. The van der Waals surface area contributed by atoms with E-state index in [0.29, 0.717) is 30.4 Å².